The molecule has 1 aliphatic rings. The van der Waals surface area contributed by atoms with E-state index in [-0.39, 0.29) is 16.6 Å². The first-order chi connectivity index (χ1) is 12.5. The molecule has 3 rings (SSSR count). The molecule has 0 aliphatic carbocycles. The Balaban J connectivity index is 1.75. The maximum absolute atomic E-state index is 12.6. The van der Waals surface area contributed by atoms with Gasteiger partial charge in [-0.05, 0) is 37.5 Å². The van der Waals surface area contributed by atoms with Crippen molar-refractivity contribution in [2.24, 2.45) is 0 Å². The van der Waals surface area contributed by atoms with Gasteiger partial charge in [-0.25, -0.2) is 4.79 Å². The Morgan fingerprint density at radius 1 is 1.15 bits per heavy atom. The molecule has 0 spiro atoms. The molecule has 0 bridgehead atoms. The zero-order valence-corrected chi connectivity index (χ0v) is 15.1. The van der Waals surface area contributed by atoms with Gasteiger partial charge in [-0.2, -0.15) is 0 Å². The molecule has 0 saturated carbocycles. The molecule has 1 N–H and O–H groups in total. The van der Waals surface area contributed by atoms with Gasteiger partial charge in [0.1, 0.15) is 16.8 Å². The van der Waals surface area contributed by atoms with Gasteiger partial charge in [0.2, 0.25) is 5.88 Å². The van der Waals surface area contributed by atoms with Crippen molar-refractivity contribution in [1.29, 1.82) is 0 Å². The molecule has 1 fully saturated rings. The molecular weight excluding hydrogens is 381 g/mol. The first-order valence-electron chi connectivity index (χ1n) is 7.96. The summed E-state index contributed by atoms with van der Waals surface area (Å²) in [5.41, 5.74) is 0.0580. The van der Waals surface area contributed by atoms with Gasteiger partial charge in [-0.3, -0.25) is 4.79 Å². The van der Waals surface area contributed by atoms with Crippen LogP contribution in [0.15, 0.2) is 30.3 Å². The summed E-state index contributed by atoms with van der Waals surface area (Å²) in [6.45, 7) is 0.383. The Morgan fingerprint density at radius 2 is 1.96 bits per heavy atom. The molecule has 136 valence electrons. The van der Waals surface area contributed by atoms with E-state index in [9.17, 15) is 14.7 Å². The van der Waals surface area contributed by atoms with Crippen LogP contribution in [0.25, 0.3) is 0 Å². The quantitative estimate of drug-likeness (QED) is 0.848. The second-order valence-corrected chi connectivity index (χ2v) is 6.54. The summed E-state index contributed by atoms with van der Waals surface area (Å²) in [7, 11) is 0. The third kappa shape index (κ3) is 3.89. The normalized spacial score (nSPS) is 17.0. The number of rotatable bonds is 4. The standard InChI is InChI=1S/C17H15Cl2N3O4/c18-10-4-3-6-13(15(10)19)26-14-8-7-11(20-21-14)16(23)22-9-2-1-5-12(22)17(24)25/h3-4,6-8,12H,1-2,5,9H2,(H,24,25). The number of aromatic nitrogens is 2. The van der Waals surface area contributed by atoms with Crippen molar-refractivity contribution in [1.82, 2.24) is 15.1 Å². The van der Waals surface area contributed by atoms with Gasteiger partial charge >= 0.3 is 5.97 Å². The van der Waals surface area contributed by atoms with Crippen LogP contribution in [-0.4, -0.2) is 44.7 Å². The molecule has 1 aromatic heterocycles. The van der Waals surface area contributed by atoms with E-state index in [1.54, 1.807) is 18.2 Å². The van der Waals surface area contributed by atoms with Gasteiger partial charge in [-0.1, -0.05) is 29.3 Å². The van der Waals surface area contributed by atoms with Crippen molar-refractivity contribution in [3.05, 3.63) is 46.1 Å². The van der Waals surface area contributed by atoms with E-state index in [4.69, 9.17) is 27.9 Å². The number of likely N-dealkylation sites (tertiary alicyclic amines) is 1. The number of hydrogen-bond donors (Lipinski definition) is 1. The molecule has 7 nitrogen and oxygen atoms in total. The molecule has 9 heteroatoms. The minimum Gasteiger partial charge on any atom is -0.480 e. The third-order valence-electron chi connectivity index (χ3n) is 4.04. The molecule has 1 aromatic carbocycles. The fourth-order valence-corrected chi connectivity index (χ4v) is 3.07. The highest BCUT2D eigenvalue weighted by molar-refractivity contribution is 6.42. The van der Waals surface area contributed by atoms with Crippen molar-refractivity contribution >= 4 is 35.1 Å². The number of carbonyl (C=O) groups is 2. The van der Waals surface area contributed by atoms with E-state index >= 15 is 0 Å². The predicted octanol–water partition coefficient (Wildman–Crippen LogP) is 3.66. The van der Waals surface area contributed by atoms with Crippen molar-refractivity contribution in [2.45, 2.75) is 25.3 Å². The summed E-state index contributed by atoms with van der Waals surface area (Å²) in [4.78, 5) is 25.2. The fraction of sp³-hybridized carbons (Fsp3) is 0.294. The highest BCUT2D eigenvalue weighted by Gasteiger charge is 2.33. The summed E-state index contributed by atoms with van der Waals surface area (Å²) in [5.74, 6) is -1.02. The maximum atomic E-state index is 12.6. The van der Waals surface area contributed by atoms with Gasteiger partial charge < -0.3 is 14.7 Å². The van der Waals surface area contributed by atoms with Crippen LogP contribution >= 0.6 is 23.2 Å². The predicted molar refractivity (Wildman–Crippen MR) is 94.9 cm³/mol. The van der Waals surface area contributed by atoms with Gasteiger partial charge in [0, 0.05) is 12.6 Å². The number of halogens is 2. The lowest BCUT2D eigenvalue weighted by molar-refractivity contribution is -0.143. The lowest BCUT2D eigenvalue weighted by Crippen LogP contribution is -2.48. The highest BCUT2D eigenvalue weighted by Crippen LogP contribution is 2.33. The van der Waals surface area contributed by atoms with Gasteiger partial charge in [0.05, 0.1) is 5.02 Å². The van der Waals surface area contributed by atoms with Crippen molar-refractivity contribution in [2.75, 3.05) is 6.54 Å². The van der Waals surface area contributed by atoms with Crippen molar-refractivity contribution < 1.29 is 19.4 Å². The number of piperidine rings is 1. The zero-order chi connectivity index (χ0) is 18.7. The number of hydrogen-bond acceptors (Lipinski definition) is 5. The van der Waals surface area contributed by atoms with Crippen LogP contribution in [0.4, 0.5) is 0 Å². The summed E-state index contributed by atoms with van der Waals surface area (Å²) in [5, 5.41) is 17.6. The molecule has 0 radical (unpaired) electrons. The Bertz CT molecular complexity index is 829. The SMILES string of the molecule is O=C(O)C1CCCCN1C(=O)c1ccc(Oc2cccc(Cl)c2Cl)nn1. The lowest BCUT2D eigenvalue weighted by atomic mass is 10.0. The van der Waals surface area contributed by atoms with Gasteiger partial charge in [0.15, 0.2) is 5.69 Å². The van der Waals surface area contributed by atoms with Crippen LogP contribution in [0, 0.1) is 0 Å². The molecule has 1 saturated heterocycles. The van der Waals surface area contributed by atoms with E-state index in [0.717, 1.165) is 12.8 Å². The van der Waals surface area contributed by atoms with Crippen LogP contribution in [0.3, 0.4) is 0 Å². The molecule has 1 aliphatic heterocycles. The first kappa shape index (κ1) is 18.4. The van der Waals surface area contributed by atoms with E-state index < -0.39 is 17.9 Å². The topological polar surface area (TPSA) is 92.6 Å². The van der Waals surface area contributed by atoms with E-state index in [2.05, 4.69) is 10.2 Å². The Hall–Kier alpha value is -2.38. The Morgan fingerprint density at radius 3 is 2.65 bits per heavy atom. The monoisotopic (exact) mass is 395 g/mol. The van der Waals surface area contributed by atoms with Crippen LogP contribution < -0.4 is 4.74 Å². The molecular formula is C17H15Cl2N3O4. The van der Waals surface area contributed by atoms with Crippen LogP contribution in [0.5, 0.6) is 11.6 Å². The number of carboxylic acid groups (broad SMARTS) is 1. The van der Waals surface area contributed by atoms with E-state index in [0.29, 0.717) is 23.7 Å². The average molecular weight is 396 g/mol. The maximum Gasteiger partial charge on any atom is 0.326 e. The lowest BCUT2D eigenvalue weighted by Gasteiger charge is -2.32. The first-order valence-corrected chi connectivity index (χ1v) is 8.72. The van der Waals surface area contributed by atoms with Crippen molar-refractivity contribution in [3.8, 4) is 11.6 Å². The summed E-state index contributed by atoms with van der Waals surface area (Å²) in [6.07, 6.45) is 1.97. The molecule has 2 heterocycles. The molecule has 26 heavy (non-hydrogen) atoms. The van der Waals surface area contributed by atoms with Gasteiger partial charge in [0.25, 0.3) is 5.91 Å². The summed E-state index contributed by atoms with van der Waals surface area (Å²) < 4.78 is 5.52. The molecule has 1 amide bonds. The number of carbonyl (C=O) groups excluding carboxylic acids is 1. The second-order valence-electron chi connectivity index (χ2n) is 5.76. The number of amides is 1. The number of benzene rings is 1. The van der Waals surface area contributed by atoms with Crippen LogP contribution in [0.1, 0.15) is 29.8 Å². The van der Waals surface area contributed by atoms with Crippen LogP contribution in [0.2, 0.25) is 10.0 Å². The summed E-state index contributed by atoms with van der Waals surface area (Å²) in [6, 6.07) is 7.01. The third-order valence-corrected chi connectivity index (χ3v) is 4.84. The van der Waals surface area contributed by atoms with Crippen LogP contribution in [-0.2, 0) is 4.79 Å². The van der Waals surface area contributed by atoms with E-state index in [1.165, 1.54) is 17.0 Å². The summed E-state index contributed by atoms with van der Waals surface area (Å²) >= 11 is 12.0. The Kier molecular flexibility index (Phi) is 5.58. The average Bonchev–Trinajstić information content (AvgIpc) is 2.65. The fourth-order valence-electron chi connectivity index (χ4n) is 2.74. The number of aliphatic carboxylic acids is 1. The minimum absolute atomic E-state index is 0.0580. The van der Waals surface area contributed by atoms with E-state index in [1.807, 2.05) is 0 Å². The van der Waals surface area contributed by atoms with Gasteiger partial charge in [-0.15, -0.1) is 10.2 Å². The zero-order valence-electron chi connectivity index (χ0n) is 13.6. The second kappa shape index (κ2) is 7.88. The molecule has 2 aromatic rings. The number of nitrogens with zero attached hydrogens (tertiary/aromatic N) is 3. The largest absolute Gasteiger partial charge is 0.480 e. The number of carboxylic acids is 1. The molecule has 1 atom stereocenters. The number of ether oxygens (including phenoxy) is 1. The molecule has 1 unspecified atom stereocenters. The highest BCUT2D eigenvalue weighted by atomic mass is 35.5. The Labute approximate surface area is 159 Å². The van der Waals surface area contributed by atoms with Crippen molar-refractivity contribution in [3.63, 3.8) is 0 Å². The smallest absolute Gasteiger partial charge is 0.326 e. The minimum atomic E-state index is -1.01.